The first-order valence-corrected chi connectivity index (χ1v) is 6.55. The largest absolute Gasteiger partial charge is 0.332 e. The molecule has 18 heavy (non-hydrogen) atoms. The van der Waals surface area contributed by atoms with Crippen molar-refractivity contribution in [3.05, 3.63) is 34.9 Å². The molecule has 2 atom stereocenters. The second-order valence-electron chi connectivity index (χ2n) is 5.57. The van der Waals surface area contributed by atoms with E-state index in [1.807, 2.05) is 18.7 Å². The SMILES string of the molecule is Cc1ccc(C2C(N)CC(=O)N2C(C)C)c(C)c1. The van der Waals surface area contributed by atoms with Crippen molar-refractivity contribution in [2.24, 2.45) is 5.73 Å². The molecule has 98 valence electrons. The minimum absolute atomic E-state index is 0.0260. The molecule has 1 aromatic carbocycles. The van der Waals surface area contributed by atoms with E-state index in [2.05, 4.69) is 32.0 Å². The van der Waals surface area contributed by atoms with Crippen LogP contribution in [0.1, 0.15) is 43.0 Å². The minimum Gasteiger partial charge on any atom is -0.332 e. The Morgan fingerprint density at radius 3 is 2.56 bits per heavy atom. The van der Waals surface area contributed by atoms with Gasteiger partial charge in [0.2, 0.25) is 5.91 Å². The van der Waals surface area contributed by atoms with Gasteiger partial charge in [0.15, 0.2) is 0 Å². The van der Waals surface area contributed by atoms with Gasteiger partial charge in [-0.05, 0) is 38.8 Å². The van der Waals surface area contributed by atoms with Crippen molar-refractivity contribution >= 4 is 5.91 Å². The summed E-state index contributed by atoms with van der Waals surface area (Å²) in [5, 5.41) is 0. The van der Waals surface area contributed by atoms with E-state index < -0.39 is 0 Å². The Morgan fingerprint density at radius 1 is 1.33 bits per heavy atom. The van der Waals surface area contributed by atoms with E-state index in [4.69, 9.17) is 5.73 Å². The smallest absolute Gasteiger partial charge is 0.225 e. The number of carbonyl (C=O) groups excluding carboxylic acids is 1. The normalized spacial score (nSPS) is 24.1. The number of likely N-dealkylation sites (tertiary alicyclic amines) is 1. The maximum absolute atomic E-state index is 12.0. The fourth-order valence-electron chi connectivity index (χ4n) is 2.93. The minimum atomic E-state index is -0.0960. The van der Waals surface area contributed by atoms with Crippen LogP contribution in [0.4, 0.5) is 0 Å². The van der Waals surface area contributed by atoms with Gasteiger partial charge in [-0.15, -0.1) is 0 Å². The Bertz CT molecular complexity index is 468. The third-order valence-corrected chi connectivity index (χ3v) is 3.70. The van der Waals surface area contributed by atoms with E-state index in [1.54, 1.807) is 0 Å². The van der Waals surface area contributed by atoms with Crippen LogP contribution in [-0.2, 0) is 4.79 Å². The maximum Gasteiger partial charge on any atom is 0.225 e. The lowest BCUT2D eigenvalue weighted by atomic mass is 9.94. The highest BCUT2D eigenvalue weighted by atomic mass is 16.2. The second kappa shape index (κ2) is 4.73. The summed E-state index contributed by atoms with van der Waals surface area (Å²) in [7, 11) is 0. The molecule has 3 heteroatoms. The Balaban J connectivity index is 2.43. The summed E-state index contributed by atoms with van der Waals surface area (Å²) >= 11 is 0. The van der Waals surface area contributed by atoms with Crippen LogP contribution in [0, 0.1) is 13.8 Å². The molecule has 1 aliphatic heterocycles. The van der Waals surface area contributed by atoms with Gasteiger partial charge in [-0.2, -0.15) is 0 Å². The summed E-state index contributed by atoms with van der Waals surface area (Å²) in [5.74, 6) is 0.169. The van der Waals surface area contributed by atoms with Crippen LogP contribution in [-0.4, -0.2) is 22.9 Å². The van der Waals surface area contributed by atoms with Crippen LogP contribution in [0.2, 0.25) is 0 Å². The van der Waals surface area contributed by atoms with Crippen molar-refractivity contribution in [1.29, 1.82) is 0 Å². The van der Waals surface area contributed by atoms with Gasteiger partial charge in [0.25, 0.3) is 0 Å². The van der Waals surface area contributed by atoms with Crippen LogP contribution in [0.5, 0.6) is 0 Å². The van der Waals surface area contributed by atoms with Gasteiger partial charge >= 0.3 is 0 Å². The topological polar surface area (TPSA) is 46.3 Å². The molecular formula is C15H22N2O. The molecular weight excluding hydrogens is 224 g/mol. The first-order valence-electron chi connectivity index (χ1n) is 6.55. The summed E-state index contributed by atoms with van der Waals surface area (Å²) in [6.07, 6.45) is 0.455. The molecule has 0 spiro atoms. The molecule has 0 saturated carbocycles. The number of carbonyl (C=O) groups is 1. The molecule has 0 aromatic heterocycles. The zero-order valence-corrected chi connectivity index (χ0v) is 11.6. The lowest BCUT2D eigenvalue weighted by Gasteiger charge is -2.31. The Morgan fingerprint density at radius 2 is 2.00 bits per heavy atom. The quantitative estimate of drug-likeness (QED) is 0.870. The van der Waals surface area contributed by atoms with Gasteiger partial charge in [-0.1, -0.05) is 23.8 Å². The molecule has 1 aromatic rings. The maximum atomic E-state index is 12.0. The zero-order chi connectivity index (χ0) is 13.4. The predicted octanol–water partition coefficient (Wildman–Crippen LogP) is 2.31. The van der Waals surface area contributed by atoms with E-state index in [-0.39, 0.29) is 24.0 Å². The van der Waals surface area contributed by atoms with Crippen molar-refractivity contribution in [3.63, 3.8) is 0 Å². The summed E-state index contributed by atoms with van der Waals surface area (Å²) in [4.78, 5) is 14.0. The Labute approximate surface area is 109 Å². The molecule has 1 heterocycles. The summed E-state index contributed by atoms with van der Waals surface area (Å²) < 4.78 is 0. The van der Waals surface area contributed by atoms with Crippen LogP contribution in [0.15, 0.2) is 18.2 Å². The van der Waals surface area contributed by atoms with E-state index in [1.165, 1.54) is 16.7 Å². The van der Waals surface area contributed by atoms with E-state index >= 15 is 0 Å². The van der Waals surface area contributed by atoms with Gasteiger partial charge in [-0.3, -0.25) is 4.79 Å². The third kappa shape index (κ3) is 2.15. The van der Waals surface area contributed by atoms with Gasteiger partial charge in [-0.25, -0.2) is 0 Å². The number of benzene rings is 1. The monoisotopic (exact) mass is 246 g/mol. The van der Waals surface area contributed by atoms with Gasteiger partial charge in [0.1, 0.15) is 0 Å². The molecule has 0 radical (unpaired) electrons. The lowest BCUT2D eigenvalue weighted by molar-refractivity contribution is -0.130. The number of aryl methyl sites for hydroxylation is 2. The highest BCUT2D eigenvalue weighted by Crippen LogP contribution is 2.35. The Hall–Kier alpha value is -1.35. The Kier molecular flexibility index (Phi) is 3.44. The molecule has 1 saturated heterocycles. The third-order valence-electron chi connectivity index (χ3n) is 3.70. The van der Waals surface area contributed by atoms with E-state index in [0.29, 0.717) is 6.42 Å². The summed E-state index contributed by atoms with van der Waals surface area (Å²) in [6.45, 7) is 8.27. The number of nitrogens with zero attached hydrogens (tertiary/aromatic N) is 1. The van der Waals surface area contributed by atoms with Crippen molar-refractivity contribution in [2.75, 3.05) is 0 Å². The van der Waals surface area contributed by atoms with Crippen LogP contribution in [0.25, 0.3) is 0 Å². The van der Waals surface area contributed by atoms with Crippen molar-refractivity contribution < 1.29 is 4.79 Å². The predicted molar refractivity (Wildman–Crippen MR) is 73.2 cm³/mol. The van der Waals surface area contributed by atoms with Crippen LogP contribution >= 0.6 is 0 Å². The number of hydrogen-bond donors (Lipinski definition) is 1. The molecule has 3 nitrogen and oxygen atoms in total. The molecule has 2 N–H and O–H groups in total. The van der Waals surface area contributed by atoms with Crippen molar-refractivity contribution in [1.82, 2.24) is 4.90 Å². The zero-order valence-electron chi connectivity index (χ0n) is 11.6. The fourth-order valence-corrected chi connectivity index (χ4v) is 2.93. The van der Waals surface area contributed by atoms with Crippen LogP contribution in [0.3, 0.4) is 0 Å². The number of amides is 1. The molecule has 0 bridgehead atoms. The van der Waals surface area contributed by atoms with Crippen molar-refractivity contribution in [2.45, 2.75) is 52.2 Å². The standard InChI is InChI=1S/C15H22N2O/c1-9(2)17-14(18)8-13(16)15(17)12-6-5-10(3)7-11(12)4/h5-7,9,13,15H,8,16H2,1-4H3. The summed E-state index contributed by atoms with van der Waals surface area (Å²) in [5.41, 5.74) is 9.82. The van der Waals surface area contributed by atoms with E-state index in [0.717, 1.165) is 0 Å². The van der Waals surface area contributed by atoms with Gasteiger partial charge in [0.05, 0.1) is 6.04 Å². The molecule has 2 unspecified atom stereocenters. The van der Waals surface area contributed by atoms with Gasteiger partial charge < -0.3 is 10.6 Å². The molecule has 1 fully saturated rings. The van der Waals surface area contributed by atoms with Gasteiger partial charge in [0, 0.05) is 18.5 Å². The first kappa shape index (κ1) is 13.1. The number of hydrogen-bond acceptors (Lipinski definition) is 2. The average molecular weight is 246 g/mol. The number of nitrogens with two attached hydrogens (primary N) is 1. The fraction of sp³-hybridized carbons (Fsp3) is 0.533. The number of rotatable bonds is 2. The lowest BCUT2D eigenvalue weighted by Crippen LogP contribution is -2.38. The van der Waals surface area contributed by atoms with Crippen LogP contribution < -0.4 is 5.73 Å². The van der Waals surface area contributed by atoms with E-state index in [9.17, 15) is 4.79 Å². The molecule has 2 rings (SSSR count). The molecule has 1 aliphatic rings. The molecule has 0 aliphatic carbocycles. The molecule has 1 amide bonds. The average Bonchev–Trinajstić information content (AvgIpc) is 2.53. The first-order chi connectivity index (χ1) is 8.41. The highest BCUT2D eigenvalue weighted by molar-refractivity contribution is 5.80. The highest BCUT2D eigenvalue weighted by Gasteiger charge is 2.40. The van der Waals surface area contributed by atoms with Crippen molar-refractivity contribution in [3.8, 4) is 0 Å². The summed E-state index contributed by atoms with van der Waals surface area (Å²) in [6, 6.07) is 6.49. The second-order valence-corrected chi connectivity index (χ2v) is 5.57.